The Balaban J connectivity index is 2.15. The lowest BCUT2D eigenvalue weighted by molar-refractivity contribution is -0.118. The number of hydrogen-bond donors (Lipinski definition) is 2. The van der Waals surface area contributed by atoms with Crippen LogP contribution in [0.5, 0.6) is 5.75 Å². The molecule has 1 atom stereocenters. The number of carbonyl (C=O) groups is 1. The number of nitrogens with two attached hydrogens (primary N) is 1. The van der Waals surface area contributed by atoms with E-state index in [2.05, 4.69) is 20.2 Å². The van der Waals surface area contributed by atoms with E-state index in [1.165, 1.54) is 0 Å². The molecule has 0 amide bonds. The SMILES string of the molecule is [C-]#[N+]c1ccc(CC(=O)C[C@@H](Cc2ccc(OC)cc2)C(N=NCCO)=NN)cc1. The summed E-state index contributed by atoms with van der Waals surface area (Å²) in [5.41, 5.74) is 2.35. The normalized spacial score (nSPS) is 12.5. The number of azo groups is 1. The highest BCUT2D eigenvalue weighted by Crippen LogP contribution is 2.20. The molecule has 0 heterocycles. The second kappa shape index (κ2) is 12.1. The van der Waals surface area contributed by atoms with Crippen LogP contribution in [0.3, 0.4) is 0 Å². The van der Waals surface area contributed by atoms with Gasteiger partial charge >= 0.3 is 0 Å². The summed E-state index contributed by atoms with van der Waals surface area (Å²) in [7, 11) is 1.60. The van der Waals surface area contributed by atoms with Crippen LogP contribution in [-0.2, 0) is 17.6 Å². The number of ether oxygens (including phenoxy) is 1. The fourth-order valence-corrected chi connectivity index (χ4v) is 2.94. The molecule has 8 nitrogen and oxygen atoms in total. The van der Waals surface area contributed by atoms with Crippen LogP contribution in [-0.4, -0.2) is 37.0 Å². The smallest absolute Gasteiger partial charge is 0.187 e. The lowest BCUT2D eigenvalue weighted by Crippen LogP contribution is -2.22. The Bertz CT molecular complexity index is 915. The maximum atomic E-state index is 12.7. The molecule has 0 fully saturated rings. The van der Waals surface area contributed by atoms with E-state index in [-0.39, 0.29) is 43.5 Å². The third-order valence-corrected chi connectivity index (χ3v) is 4.45. The Morgan fingerprint density at radius 1 is 1.17 bits per heavy atom. The number of aliphatic hydroxyl groups is 1. The minimum absolute atomic E-state index is 0.00239. The maximum Gasteiger partial charge on any atom is 0.187 e. The number of carbonyl (C=O) groups excluding carboxylic acids is 1. The number of methoxy groups -OCH3 is 1. The Morgan fingerprint density at radius 2 is 1.83 bits per heavy atom. The van der Waals surface area contributed by atoms with Crippen LogP contribution >= 0.6 is 0 Å². The van der Waals surface area contributed by atoms with E-state index in [0.29, 0.717) is 12.1 Å². The van der Waals surface area contributed by atoms with Gasteiger partial charge in [-0.25, -0.2) is 4.85 Å². The van der Waals surface area contributed by atoms with Crippen LogP contribution in [0.4, 0.5) is 5.69 Å². The molecular formula is C22H25N5O3. The quantitative estimate of drug-likeness (QED) is 0.157. The number of nitrogens with zero attached hydrogens (tertiary/aromatic N) is 4. The standard InChI is InChI=1S/C22H25N5O3/c1-24-19-7-3-17(4-8-19)14-20(29)15-18(22(26-23)27-25-11-12-28)13-16-5-9-21(30-2)10-6-16/h3-10,18,28H,11-15,23H2,2H3/t18-/m1/s1. The maximum absolute atomic E-state index is 12.7. The van der Waals surface area contributed by atoms with E-state index >= 15 is 0 Å². The van der Waals surface area contributed by atoms with Gasteiger partial charge in [0.2, 0.25) is 0 Å². The number of ketones is 1. The topological polar surface area (TPSA) is 114 Å². The van der Waals surface area contributed by atoms with E-state index in [1.807, 2.05) is 24.3 Å². The summed E-state index contributed by atoms with van der Waals surface area (Å²) in [5.74, 6) is 6.17. The first-order chi connectivity index (χ1) is 14.6. The fourth-order valence-electron chi connectivity index (χ4n) is 2.94. The number of rotatable bonds is 10. The van der Waals surface area contributed by atoms with Gasteiger partial charge in [0, 0.05) is 18.8 Å². The molecule has 0 aliphatic carbocycles. The second-order valence-electron chi connectivity index (χ2n) is 6.62. The molecular weight excluding hydrogens is 382 g/mol. The summed E-state index contributed by atoms with van der Waals surface area (Å²) in [6, 6.07) is 14.5. The highest BCUT2D eigenvalue weighted by molar-refractivity contribution is 5.91. The van der Waals surface area contributed by atoms with Crippen LogP contribution in [0, 0.1) is 12.5 Å². The molecule has 30 heavy (non-hydrogen) atoms. The zero-order valence-electron chi connectivity index (χ0n) is 16.9. The summed E-state index contributed by atoms with van der Waals surface area (Å²) < 4.78 is 5.18. The van der Waals surface area contributed by atoms with E-state index in [9.17, 15) is 4.79 Å². The summed E-state index contributed by atoms with van der Waals surface area (Å²) >= 11 is 0. The number of benzene rings is 2. The molecule has 0 aromatic heterocycles. The van der Waals surface area contributed by atoms with Crippen molar-refractivity contribution in [1.82, 2.24) is 0 Å². The molecule has 0 aliphatic heterocycles. The van der Waals surface area contributed by atoms with Gasteiger partial charge in [-0.2, -0.15) is 10.2 Å². The second-order valence-corrected chi connectivity index (χ2v) is 6.62. The molecule has 0 spiro atoms. The van der Waals surface area contributed by atoms with Gasteiger partial charge in [-0.05, 0) is 29.7 Å². The molecule has 156 valence electrons. The molecule has 3 N–H and O–H groups in total. The van der Waals surface area contributed by atoms with Crippen molar-refractivity contribution in [2.75, 3.05) is 20.3 Å². The summed E-state index contributed by atoms with van der Waals surface area (Å²) in [6.45, 7) is 7.01. The molecule has 0 radical (unpaired) electrons. The van der Waals surface area contributed by atoms with Crippen molar-refractivity contribution in [2.24, 2.45) is 27.1 Å². The lowest BCUT2D eigenvalue weighted by Gasteiger charge is -2.15. The Labute approximate surface area is 175 Å². The van der Waals surface area contributed by atoms with E-state index in [0.717, 1.165) is 16.9 Å². The van der Waals surface area contributed by atoms with Crippen molar-refractivity contribution < 1.29 is 14.6 Å². The Hall–Kier alpha value is -3.57. The molecule has 2 aromatic rings. The number of Topliss-reactive ketones (excluding diaryl/α,β-unsaturated/α-hetero) is 1. The molecule has 0 bridgehead atoms. The monoisotopic (exact) mass is 407 g/mol. The van der Waals surface area contributed by atoms with Gasteiger partial charge in [0.05, 0.1) is 26.8 Å². The number of hydrazone groups is 1. The van der Waals surface area contributed by atoms with Crippen molar-refractivity contribution in [3.05, 3.63) is 71.1 Å². The van der Waals surface area contributed by atoms with Crippen molar-refractivity contribution in [2.45, 2.75) is 19.3 Å². The minimum atomic E-state index is -0.360. The van der Waals surface area contributed by atoms with Crippen molar-refractivity contribution in [1.29, 1.82) is 0 Å². The van der Waals surface area contributed by atoms with Gasteiger partial charge in [-0.15, -0.1) is 5.11 Å². The predicted molar refractivity (Wildman–Crippen MR) is 115 cm³/mol. The zero-order chi connectivity index (χ0) is 21.8. The van der Waals surface area contributed by atoms with Crippen LogP contribution < -0.4 is 10.6 Å². The van der Waals surface area contributed by atoms with Crippen LogP contribution in [0.15, 0.2) is 63.9 Å². The number of hydrogen-bond acceptors (Lipinski definition) is 6. The van der Waals surface area contributed by atoms with Gasteiger partial charge < -0.3 is 15.7 Å². The van der Waals surface area contributed by atoms with Gasteiger partial charge in [0.25, 0.3) is 0 Å². The molecule has 2 rings (SSSR count). The van der Waals surface area contributed by atoms with Crippen LogP contribution in [0.25, 0.3) is 4.85 Å². The number of aliphatic hydroxyl groups excluding tert-OH is 1. The van der Waals surface area contributed by atoms with Crippen molar-refractivity contribution in [3.63, 3.8) is 0 Å². The van der Waals surface area contributed by atoms with Gasteiger partial charge in [0.1, 0.15) is 11.5 Å². The number of amidine groups is 1. The predicted octanol–water partition coefficient (Wildman–Crippen LogP) is 3.32. The molecule has 2 aromatic carbocycles. The van der Waals surface area contributed by atoms with Gasteiger partial charge in [-0.3, -0.25) is 4.79 Å². The van der Waals surface area contributed by atoms with E-state index in [1.54, 1.807) is 31.4 Å². The zero-order valence-corrected chi connectivity index (χ0v) is 16.9. The average Bonchev–Trinajstić information content (AvgIpc) is 2.77. The average molecular weight is 407 g/mol. The molecule has 0 unspecified atom stereocenters. The third-order valence-electron chi connectivity index (χ3n) is 4.45. The molecule has 0 saturated carbocycles. The van der Waals surface area contributed by atoms with Crippen LogP contribution in [0.1, 0.15) is 17.5 Å². The largest absolute Gasteiger partial charge is 0.497 e. The van der Waals surface area contributed by atoms with Gasteiger partial charge in [0.15, 0.2) is 11.5 Å². The van der Waals surface area contributed by atoms with Crippen LogP contribution in [0.2, 0.25) is 0 Å². The van der Waals surface area contributed by atoms with Crippen molar-refractivity contribution >= 4 is 17.3 Å². The fraction of sp³-hybridized carbons (Fsp3) is 0.318. The first-order valence-electron chi connectivity index (χ1n) is 9.46. The Morgan fingerprint density at radius 3 is 2.40 bits per heavy atom. The van der Waals surface area contributed by atoms with E-state index < -0.39 is 0 Å². The Kier molecular flexibility index (Phi) is 9.16. The summed E-state index contributed by atoms with van der Waals surface area (Å²) in [5, 5.41) is 20.5. The first kappa shape index (κ1) is 22.7. The molecule has 0 aliphatic rings. The minimum Gasteiger partial charge on any atom is -0.497 e. The summed E-state index contributed by atoms with van der Waals surface area (Å²) in [6.07, 6.45) is 0.925. The first-order valence-corrected chi connectivity index (χ1v) is 9.46. The van der Waals surface area contributed by atoms with Crippen molar-refractivity contribution in [3.8, 4) is 5.75 Å². The summed E-state index contributed by atoms with van der Waals surface area (Å²) in [4.78, 5) is 16.1. The molecule has 0 saturated heterocycles. The molecule has 8 heteroatoms. The third kappa shape index (κ3) is 7.11. The highest BCUT2D eigenvalue weighted by Gasteiger charge is 2.21. The van der Waals surface area contributed by atoms with Gasteiger partial charge in [-0.1, -0.05) is 36.4 Å². The van der Waals surface area contributed by atoms with E-state index in [4.69, 9.17) is 22.3 Å². The highest BCUT2D eigenvalue weighted by atomic mass is 16.5. The lowest BCUT2D eigenvalue weighted by atomic mass is 9.91.